The summed E-state index contributed by atoms with van der Waals surface area (Å²) in [4.78, 5) is 0. The van der Waals surface area contributed by atoms with Crippen LogP contribution in [0.3, 0.4) is 0 Å². The third kappa shape index (κ3) is 1.41. The Balaban J connectivity index is 1.89. The molecule has 2 aromatic rings. The van der Waals surface area contributed by atoms with E-state index in [9.17, 15) is 0 Å². The highest BCUT2D eigenvalue weighted by Gasteiger charge is 2.36. The molecular formula is C14H17N3O. The zero-order valence-electron chi connectivity index (χ0n) is 10.5. The molecule has 1 fully saturated rings. The Morgan fingerprint density at radius 2 is 2.22 bits per heavy atom. The van der Waals surface area contributed by atoms with Gasteiger partial charge in [-0.25, -0.2) is 4.68 Å². The predicted octanol–water partition coefficient (Wildman–Crippen LogP) is 2.81. The molecule has 94 valence electrons. The van der Waals surface area contributed by atoms with Crippen molar-refractivity contribution in [1.82, 2.24) is 9.78 Å². The van der Waals surface area contributed by atoms with Crippen molar-refractivity contribution in [1.29, 1.82) is 0 Å². The molecule has 0 saturated heterocycles. The van der Waals surface area contributed by atoms with Gasteiger partial charge in [0.15, 0.2) is 0 Å². The van der Waals surface area contributed by atoms with Gasteiger partial charge < -0.3 is 10.1 Å². The summed E-state index contributed by atoms with van der Waals surface area (Å²) in [7, 11) is 1.71. The van der Waals surface area contributed by atoms with Crippen LogP contribution >= 0.6 is 0 Å². The molecule has 0 amide bonds. The molecule has 1 aliphatic heterocycles. The molecule has 18 heavy (non-hydrogen) atoms. The Bertz CT molecular complexity index is 600. The Hall–Kier alpha value is -1.71. The topological polar surface area (TPSA) is 39.1 Å². The fourth-order valence-corrected chi connectivity index (χ4v) is 3.00. The number of rotatable bonds is 2. The van der Waals surface area contributed by atoms with Crippen molar-refractivity contribution in [2.24, 2.45) is 5.92 Å². The van der Waals surface area contributed by atoms with Crippen LogP contribution in [-0.2, 0) is 0 Å². The summed E-state index contributed by atoms with van der Waals surface area (Å²) in [5.41, 5.74) is 1.06. The van der Waals surface area contributed by atoms with Crippen LogP contribution in [-0.4, -0.2) is 23.4 Å². The van der Waals surface area contributed by atoms with Gasteiger partial charge in [-0.15, -0.1) is 0 Å². The predicted molar refractivity (Wildman–Crippen MR) is 71.2 cm³/mol. The van der Waals surface area contributed by atoms with Crippen LogP contribution in [0, 0.1) is 5.92 Å². The number of nitrogens with one attached hydrogen (secondary N) is 1. The molecule has 1 saturated carbocycles. The number of fused-ring (bicyclic) bond motifs is 3. The van der Waals surface area contributed by atoms with Crippen molar-refractivity contribution in [2.75, 3.05) is 19.0 Å². The summed E-state index contributed by atoms with van der Waals surface area (Å²) in [6.45, 7) is 1.05. The van der Waals surface area contributed by atoms with Crippen molar-refractivity contribution >= 4 is 16.7 Å². The lowest BCUT2D eigenvalue weighted by atomic mass is 10.1. The lowest BCUT2D eigenvalue weighted by molar-refractivity contribution is 0.378. The largest absolute Gasteiger partial charge is 0.497 e. The van der Waals surface area contributed by atoms with Crippen LogP contribution < -0.4 is 10.1 Å². The van der Waals surface area contributed by atoms with Gasteiger partial charge in [0.25, 0.3) is 0 Å². The van der Waals surface area contributed by atoms with E-state index in [1.54, 1.807) is 7.11 Å². The molecule has 2 aliphatic rings. The molecule has 4 nitrogen and oxygen atoms in total. The minimum atomic E-state index is 0.597. The zero-order valence-corrected chi connectivity index (χ0v) is 10.5. The fraction of sp³-hybridized carbons (Fsp3) is 0.500. The van der Waals surface area contributed by atoms with E-state index in [2.05, 4.69) is 16.1 Å². The molecule has 1 aromatic heterocycles. The summed E-state index contributed by atoms with van der Waals surface area (Å²) in [6, 6.07) is 6.70. The summed E-state index contributed by atoms with van der Waals surface area (Å²) in [5, 5.41) is 9.44. The molecule has 1 N–H and O–H groups in total. The third-order valence-corrected chi connectivity index (χ3v) is 4.12. The second-order valence-electron chi connectivity index (χ2n) is 5.30. The number of ether oxygens (including phenoxy) is 1. The normalized spacial score (nSPS) is 22.6. The standard InChI is InChI=1S/C14H17N3O/c1-18-10-4-5-12-11(8-10)14-15-7-6-13(9-2-3-9)17(14)16-12/h4-5,8-9,13,15H,2-3,6-7H2,1H3. The number of anilines is 1. The second-order valence-corrected chi connectivity index (χ2v) is 5.30. The highest BCUT2D eigenvalue weighted by molar-refractivity contribution is 5.91. The molecule has 1 aliphatic carbocycles. The molecule has 0 radical (unpaired) electrons. The van der Waals surface area contributed by atoms with Crippen LogP contribution in [0.25, 0.3) is 10.9 Å². The van der Waals surface area contributed by atoms with Crippen molar-refractivity contribution in [3.63, 3.8) is 0 Å². The van der Waals surface area contributed by atoms with E-state index in [0.29, 0.717) is 6.04 Å². The van der Waals surface area contributed by atoms with E-state index in [0.717, 1.165) is 23.7 Å². The summed E-state index contributed by atoms with van der Waals surface area (Å²) in [5.74, 6) is 2.92. The monoisotopic (exact) mass is 243 g/mol. The van der Waals surface area contributed by atoms with Crippen LogP contribution in [0.1, 0.15) is 25.3 Å². The zero-order chi connectivity index (χ0) is 12.1. The minimum absolute atomic E-state index is 0.597. The second kappa shape index (κ2) is 3.64. The van der Waals surface area contributed by atoms with Gasteiger partial charge in [-0.3, -0.25) is 0 Å². The first-order valence-electron chi connectivity index (χ1n) is 6.67. The maximum Gasteiger partial charge on any atom is 0.132 e. The first-order valence-corrected chi connectivity index (χ1v) is 6.67. The van der Waals surface area contributed by atoms with Crippen molar-refractivity contribution in [3.05, 3.63) is 18.2 Å². The SMILES string of the molecule is COc1ccc2nn3c(c2c1)NCCC3C1CC1. The Morgan fingerprint density at radius 3 is 3.00 bits per heavy atom. The quantitative estimate of drug-likeness (QED) is 0.881. The molecule has 1 aromatic carbocycles. The smallest absolute Gasteiger partial charge is 0.132 e. The van der Waals surface area contributed by atoms with Crippen LogP contribution in [0.2, 0.25) is 0 Å². The Labute approximate surface area is 106 Å². The highest BCUT2D eigenvalue weighted by Crippen LogP contribution is 2.45. The molecule has 1 atom stereocenters. The number of hydrogen-bond acceptors (Lipinski definition) is 3. The van der Waals surface area contributed by atoms with Crippen LogP contribution in [0.4, 0.5) is 5.82 Å². The maximum atomic E-state index is 5.30. The van der Waals surface area contributed by atoms with Gasteiger partial charge in [-0.05, 0) is 43.4 Å². The van der Waals surface area contributed by atoms with E-state index in [4.69, 9.17) is 9.84 Å². The van der Waals surface area contributed by atoms with E-state index in [-0.39, 0.29) is 0 Å². The van der Waals surface area contributed by atoms with E-state index < -0.39 is 0 Å². The van der Waals surface area contributed by atoms with E-state index in [1.807, 2.05) is 12.1 Å². The van der Waals surface area contributed by atoms with Gasteiger partial charge in [-0.2, -0.15) is 5.10 Å². The lowest BCUT2D eigenvalue weighted by Gasteiger charge is -2.25. The summed E-state index contributed by atoms with van der Waals surface area (Å²) < 4.78 is 7.52. The van der Waals surface area contributed by atoms with Gasteiger partial charge in [0.1, 0.15) is 11.6 Å². The van der Waals surface area contributed by atoms with Crippen molar-refractivity contribution in [2.45, 2.75) is 25.3 Å². The van der Waals surface area contributed by atoms with Gasteiger partial charge in [0, 0.05) is 11.9 Å². The van der Waals surface area contributed by atoms with Crippen molar-refractivity contribution < 1.29 is 4.74 Å². The number of aromatic nitrogens is 2. The number of methoxy groups -OCH3 is 1. The van der Waals surface area contributed by atoms with Gasteiger partial charge in [0.2, 0.25) is 0 Å². The van der Waals surface area contributed by atoms with E-state index in [1.165, 1.54) is 30.5 Å². The highest BCUT2D eigenvalue weighted by atomic mass is 16.5. The molecule has 0 spiro atoms. The number of nitrogens with zero attached hydrogens (tertiary/aromatic N) is 2. The van der Waals surface area contributed by atoms with Crippen LogP contribution in [0.15, 0.2) is 18.2 Å². The van der Waals surface area contributed by atoms with Crippen LogP contribution in [0.5, 0.6) is 5.75 Å². The Morgan fingerprint density at radius 1 is 1.33 bits per heavy atom. The maximum absolute atomic E-state index is 5.30. The average Bonchev–Trinajstić information content (AvgIpc) is 3.18. The molecule has 0 bridgehead atoms. The lowest BCUT2D eigenvalue weighted by Crippen LogP contribution is -2.24. The minimum Gasteiger partial charge on any atom is -0.497 e. The summed E-state index contributed by atoms with van der Waals surface area (Å²) >= 11 is 0. The summed E-state index contributed by atoms with van der Waals surface area (Å²) in [6.07, 6.45) is 3.93. The van der Waals surface area contributed by atoms with Gasteiger partial charge in [0.05, 0.1) is 18.7 Å². The molecular weight excluding hydrogens is 226 g/mol. The van der Waals surface area contributed by atoms with Crippen molar-refractivity contribution in [3.8, 4) is 5.75 Å². The third-order valence-electron chi connectivity index (χ3n) is 4.12. The van der Waals surface area contributed by atoms with Gasteiger partial charge >= 0.3 is 0 Å². The first-order chi connectivity index (χ1) is 8.86. The van der Waals surface area contributed by atoms with Gasteiger partial charge in [-0.1, -0.05) is 0 Å². The fourth-order valence-electron chi connectivity index (χ4n) is 3.00. The molecule has 2 heterocycles. The number of benzene rings is 1. The molecule has 1 unspecified atom stereocenters. The Kier molecular flexibility index (Phi) is 2.07. The molecule has 4 rings (SSSR count). The average molecular weight is 243 g/mol. The first kappa shape index (κ1) is 10.2. The van der Waals surface area contributed by atoms with E-state index >= 15 is 0 Å². The molecule has 4 heteroatoms. The number of hydrogen-bond donors (Lipinski definition) is 1.